The van der Waals surface area contributed by atoms with E-state index in [1.807, 2.05) is 19.1 Å². The smallest absolute Gasteiger partial charge is 0.306 e. The standard InChI is InChI=1S/C30H41F2NO4/c1-5-29(26-17-28(32)21(4)14-23(26)11-12-30(35)36-6-2)37-19-25(34)18-33-13-7-8-24(33)15-22-10-9-20(3)27(31)16-22/h9-10,14,16-17,24-25,29,34H,5-8,11-13,15,18-19H2,1-4H3/t24-,25+,29+/m0/s1. The maximum atomic E-state index is 14.5. The molecule has 0 amide bonds. The fourth-order valence-electron chi connectivity index (χ4n) is 5.12. The van der Waals surface area contributed by atoms with Crippen LogP contribution < -0.4 is 0 Å². The second-order valence-corrected chi connectivity index (χ2v) is 10.1. The lowest BCUT2D eigenvalue weighted by Gasteiger charge is -2.28. The van der Waals surface area contributed by atoms with Crippen molar-refractivity contribution in [2.45, 2.75) is 84.5 Å². The van der Waals surface area contributed by atoms with Gasteiger partial charge < -0.3 is 14.6 Å². The number of aliphatic hydroxyl groups is 1. The molecule has 3 rings (SSSR count). The van der Waals surface area contributed by atoms with Crippen molar-refractivity contribution in [1.29, 1.82) is 0 Å². The largest absolute Gasteiger partial charge is 0.466 e. The first kappa shape index (κ1) is 29.2. The molecule has 0 saturated carbocycles. The summed E-state index contributed by atoms with van der Waals surface area (Å²) in [7, 11) is 0. The van der Waals surface area contributed by atoms with E-state index in [2.05, 4.69) is 4.90 Å². The molecule has 0 bridgehead atoms. The first-order chi connectivity index (χ1) is 17.7. The van der Waals surface area contributed by atoms with Crippen LogP contribution in [0.4, 0.5) is 8.78 Å². The quantitative estimate of drug-likeness (QED) is 0.350. The van der Waals surface area contributed by atoms with Gasteiger partial charge in [0.15, 0.2) is 0 Å². The average molecular weight is 518 g/mol. The molecule has 0 aliphatic carbocycles. The lowest BCUT2D eigenvalue weighted by atomic mass is 9.95. The summed E-state index contributed by atoms with van der Waals surface area (Å²) in [5, 5.41) is 10.8. The molecule has 7 heteroatoms. The van der Waals surface area contributed by atoms with Gasteiger partial charge in [0.1, 0.15) is 11.6 Å². The minimum absolute atomic E-state index is 0.119. The molecule has 1 heterocycles. The van der Waals surface area contributed by atoms with Crippen LogP contribution in [0.1, 0.15) is 73.5 Å². The Morgan fingerprint density at radius 2 is 1.89 bits per heavy atom. The van der Waals surface area contributed by atoms with Crippen LogP contribution in [0, 0.1) is 25.5 Å². The molecule has 5 nitrogen and oxygen atoms in total. The van der Waals surface area contributed by atoms with Crippen molar-refractivity contribution < 1.29 is 28.2 Å². The molecule has 1 saturated heterocycles. The number of aliphatic hydroxyl groups excluding tert-OH is 1. The van der Waals surface area contributed by atoms with Gasteiger partial charge in [0.2, 0.25) is 0 Å². The Hall–Kier alpha value is -2.35. The summed E-state index contributed by atoms with van der Waals surface area (Å²) in [6, 6.07) is 8.91. The number of ether oxygens (including phenoxy) is 2. The number of esters is 1. The number of carbonyl (C=O) groups excluding carboxylic acids is 1. The van der Waals surface area contributed by atoms with Crippen molar-refractivity contribution in [3.8, 4) is 0 Å². The molecule has 37 heavy (non-hydrogen) atoms. The number of halogens is 2. The summed E-state index contributed by atoms with van der Waals surface area (Å²) < 4.78 is 39.6. The number of likely N-dealkylation sites (tertiary alicyclic amines) is 1. The first-order valence-corrected chi connectivity index (χ1v) is 13.4. The second-order valence-electron chi connectivity index (χ2n) is 10.1. The van der Waals surface area contributed by atoms with E-state index < -0.39 is 12.2 Å². The fourth-order valence-corrected chi connectivity index (χ4v) is 5.12. The molecule has 1 aliphatic rings. The van der Waals surface area contributed by atoms with Crippen LogP contribution >= 0.6 is 0 Å². The lowest BCUT2D eigenvalue weighted by molar-refractivity contribution is -0.143. The van der Waals surface area contributed by atoms with Gasteiger partial charge in [0.25, 0.3) is 0 Å². The number of aryl methyl sites for hydroxylation is 3. The fraction of sp³-hybridized carbons (Fsp3) is 0.567. The molecular weight excluding hydrogens is 476 g/mol. The molecule has 204 valence electrons. The zero-order valence-electron chi connectivity index (χ0n) is 22.6. The van der Waals surface area contributed by atoms with Gasteiger partial charge in [-0.25, -0.2) is 8.78 Å². The summed E-state index contributed by atoms with van der Waals surface area (Å²) in [6.07, 6.45) is 2.94. The molecule has 0 spiro atoms. The number of β-amino-alcohol motifs (C(OH)–C–C–N with tert-alkyl or cyclic N) is 1. The van der Waals surface area contributed by atoms with Gasteiger partial charge in [0, 0.05) is 19.0 Å². The SMILES string of the molecule is CCOC(=O)CCc1cc(C)c(F)cc1[C@@H](CC)OC[C@H](O)CN1CCC[C@H]1Cc1ccc(C)c(F)c1. The van der Waals surface area contributed by atoms with E-state index in [9.17, 15) is 18.7 Å². The van der Waals surface area contributed by atoms with Crippen molar-refractivity contribution in [1.82, 2.24) is 4.90 Å². The molecule has 0 radical (unpaired) electrons. The van der Waals surface area contributed by atoms with Gasteiger partial charge in [-0.1, -0.05) is 25.1 Å². The van der Waals surface area contributed by atoms with Crippen molar-refractivity contribution in [2.75, 3.05) is 26.3 Å². The van der Waals surface area contributed by atoms with Gasteiger partial charge in [-0.15, -0.1) is 0 Å². The van der Waals surface area contributed by atoms with Crippen LogP contribution in [0.5, 0.6) is 0 Å². The third-order valence-electron chi connectivity index (χ3n) is 7.18. The van der Waals surface area contributed by atoms with E-state index in [0.717, 1.165) is 36.9 Å². The minimum Gasteiger partial charge on any atom is -0.466 e. The van der Waals surface area contributed by atoms with Crippen molar-refractivity contribution in [3.63, 3.8) is 0 Å². The number of hydrogen-bond donors (Lipinski definition) is 1. The highest BCUT2D eigenvalue weighted by Gasteiger charge is 2.27. The Labute approximate surface area is 219 Å². The lowest BCUT2D eigenvalue weighted by Crippen LogP contribution is -2.39. The summed E-state index contributed by atoms with van der Waals surface area (Å²) in [5.41, 5.74) is 3.70. The van der Waals surface area contributed by atoms with Gasteiger partial charge >= 0.3 is 5.97 Å². The van der Waals surface area contributed by atoms with Crippen molar-refractivity contribution in [3.05, 3.63) is 69.8 Å². The van der Waals surface area contributed by atoms with Gasteiger partial charge in [-0.05, 0) is 99.4 Å². The summed E-state index contributed by atoms with van der Waals surface area (Å²) in [6.45, 7) is 8.98. The van der Waals surface area contributed by atoms with Crippen LogP contribution in [0.2, 0.25) is 0 Å². The molecule has 1 N–H and O–H groups in total. The number of hydrogen-bond acceptors (Lipinski definition) is 5. The minimum atomic E-state index is -0.706. The Bertz CT molecular complexity index is 1040. The van der Waals surface area contributed by atoms with E-state index in [1.165, 1.54) is 6.07 Å². The van der Waals surface area contributed by atoms with Crippen LogP contribution in [-0.4, -0.2) is 54.4 Å². The predicted octanol–water partition coefficient (Wildman–Crippen LogP) is 5.61. The van der Waals surface area contributed by atoms with E-state index in [0.29, 0.717) is 42.7 Å². The predicted molar refractivity (Wildman–Crippen MR) is 141 cm³/mol. The van der Waals surface area contributed by atoms with E-state index in [4.69, 9.17) is 9.47 Å². The van der Waals surface area contributed by atoms with E-state index in [-0.39, 0.29) is 36.7 Å². The van der Waals surface area contributed by atoms with Crippen LogP contribution in [-0.2, 0) is 27.1 Å². The van der Waals surface area contributed by atoms with Gasteiger partial charge in [-0.3, -0.25) is 9.69 Å². The Morgan fingerprint density at radius 3 is 2.59 bits per heavy atom. The average Bonchev–Trinajstić information content (AvgIpc) is 3.29. The van der Waals surface area contributed by atoms with E-state index >= 15 is 0 Å². The second kappa shape index (κ2) is 14.0. The topological polar surface area (TPSA) is 59.0 Å². The molecule has 2 aromatic rings. The molecule has 1 fully saturated rings. The van der Waals surface area contributed by atoms with Crippen LogP contribution in [0.25, 0.3) is 0 Å². The number of benzene rings is 2. The highest BCUT2D eigenvalue weighted by atomic mass is 19.1. The molecule has 3 atom stereocenters. The van der Waals surface area contributed by atoms with Crippen molar-refractivity contribution in [2.24, 2.45) is 0 Å². The summed E-state index contributed by atoms with van der Waals surface area (Å²) in [4.78, 5) is 14.1. The first-order valence-electron chi connectivity index (χ1n) is 13.4. The summed E-state index contributed by atoms with van der Waals surface area (Å²) in [5.74, 6) is -0.784. The Morgan fingerprint density at radius 1 is 1.14 bits per heavy atom. The third-order valence-corrected chi connectivity index (χ3v) is 7.18. The maximum absolute atomic E-state index is 14.5. The number of nitrogens with zero attached hydrogens (tertiary/aromatic N) is 1. The zero-order chi connectivity index (χ0) is 26.9. The highest BCUT2D eigenvalue weighted by molar-refractivity contribution is 5.69. The highest BCUT2D eigenvalue weighted by Crippen LogP contribution is 2.29. The number of carbonyl (C=O) groups is 1. The number of rotatable bonds is 13. The summed E-state index contributed by atoms with van der Waals surface area (Å²) >= 11 is 0. The van der Waals surface area contributed by atoms with Crippen LogP contribution in [0.15, 0.2) is 30.3 Å². The van der Waals surface area contributed by atoms with Gasteiger partial charge in [0.05, 0.1) is 25.4 Å². The monoisotopic (exact) mass is 517 g/mol. The maximum Gasteiger partial charge on any atom is 0.306 e. The molecule has 0 aromatic heterocycles. The Balaban J connectivity index is 1.60. The van der Waals surface area contributed by atoms with Gasteiger partial charge in [-0.2, -0.15) is 0 Å². The Kier molecular flexibility index (Phi) is 11.0. The zero-order valence-corrected chi connectivity index (χ0v) is 22.6. The third kappa shape index (κ3) is 8.32. The van der Waals surface area contributed by atoms with Crippen molar-refractivity contribution >= 4 is 5.97 Å². The molecular formula is C30H41F2NO4. The normalized spacial score (nSPS) is 17.6. The van der Waals surface area contributed by atoms with E-state index in [1.54, 1.807) is 32.9 Å². The molecule has 2 aromatic carbocycles. The molecule has 0 unspecified atom stereocenters. The molecule has 1 aliphatic heterocycles. The van der Waals surface area contributed by atoms with Crippen LogP contribution in [0.3, 0.4) is 0 Å².